The quantitative estimate of drug-likeness (QED) is 0.502. The van der Waals surface area contributed by atoms with Crippen LogP contribution >= 0.6 is 0 Å². The molecule has 35 heavy (non-hydrogen) atoms. The Bertz CT molecular complexity index is 1210. The third-order valence-electron chi connectivity index (χ3n) is 7.01. The molecule has 1 aliphatic carbocycles. The molecular formula is C28H32N3O3Si. The SMILES string of the molecule is Cc1nc(C2NC(=O)C3CC32)ncc1C(O)CO[Si](c1ccccc1)c1ccc(C(C)(C)C)cc1. The summed E-state index contributed by atoms with van der Waals surface area (Å²) in [5.41, 5.74) is 2.73. The van der Waals surface area contributed by atoms with Crippen molar-refractivity contribution in [2.75, 3.05) is 6.61 Å². The van der Waals surface area contributed by atoms with Crippen LogP contribution in [0.5, 0.6) is 0 Å². The van der Waals surface area contributed by atoms with E-state index in [1.165, 1.54) is 5.56 Å². The number of aromatic nitrogens is 2. The largest absolute Gasteiger partial charge is 0.404 e. The first-order chi connectivity index (χ1) is 16.7. The van der Waals surface area contributed by atoms with Gasteiger partial charge in [0.1, 0.15) is 6.10 Å². The van der Waals surface area contributed by atoms with Gasteiger partial charge in [-0.2, -0.15) is 0 Å². The summed E-state index contributed by atoms with van der Waals surface area (Å²) < 4.78 is 6.42. The molecule has 6 nitrogen and oxygen atoms in total. The molecule has 0 bridgehead atoms. The lowest BCUT2D eigenvalue weighted by Gasteiger charge is -2.22. The Morgan fingerprint density at radius 3 is 2.37 bits per heavy atom. The van der Waals surface area contributed by atoms with Gasteiger partial charge in [0.2, 0.25) is 5.91 Å². The van der Waals surface area contributed by atoms with E-state index in [0.29, 0.717) is 23.0 Å². The third kappa shape index (κ3) is 4.94. The molecule has 4 atom stereocenters. The number of carbonyl (C=O) groups is 1. The monoisotopic (exact) mass is 486 g/mol. The topological polar surface area (TPSA) is 84.3 Å². The van der Waals surface area contributed by atoms with Crippen molar-refractivity contribution in [2.24, 2.45) is 11.8 Å². The molecule has 1 amide bonds. The first-order valence-corrected chi connectivity index (χ1v) is 13.6. The van der Waals surface area contributed by atoms with Gasteiger partial charge in [-0.1, -0.05) is 75.4 Å². The average Bonchev–Trinajstić information content (AvgIpc) is 3.57. The fraction of sp³-hybridized carbons (Fsp3) is 0.393. The van der Waals surface area contributed by atoms with Crippen molar-refractivity contribution in [2.45, 2.75) is 51.7 Å². The summed E-state index contributed by atoms with van der Waals surface area (Å²) >= 11 is 0. The molecule has 181 valence electrons. The number of aliphatic hydroxyl groups is 1. The summed E-state index contributed by atoms with van der Waals surface area (Å²) in [5, 5.41) is 16.3. The minimum Gasteiger partial charge on any atom is -0.404 e. The number of benzene rings is 2. The van der Waals surface area contributed by atoms with Gasteiger partial charge < -0.3 is 14.8 Å². The number of piperidine rings is 1. The van der Waals surface area contributed by atoms with Crippen molar-refractivity contribution in [3.8, 4) is 0 Å². The van der Waals surface area contributed by atoms with Gasteiger partial charge in [0, 0.05) is 23.4 Å². The van der Waals surface area contributed by atoms with Crippen LogP contribution in [0.4, 0.5) is 0 Å². The second kappa shape index (κ2) is 9.30. The Morgan fingerprint density at radius 1 is 1.11 bits per heavy atom. The van der Waals surface area contributed by atoms with Crippen LogP contribution in [-0.4, -0.2) is 36.6 Å². The molecule has 1 saturated heterocycles. The van der Waals surface area contributed by atoms with Gasteiger partial charge in [-0.25, -0.2) is 9.97 Å². The molecule has 2 N–H and O–H groups in total. The molecule has 4 unspecified atom stereocenters. The molecule has 2 aromatic carbocycles. The number of rotatable bonds is 7. The van der Waals surface area contributed by atoms with Crippen LogP contribution in [-0.2, 0) is 14.6 Å². The van der Waals surface area contributed by atoms with E-state index >= 15 is 0 Å². The average molecular weight is 487 g/mol. The van der Waals surface area contributed by atoms with Crippen molar-refractivity contribution < 1.29 is 14.3 Å². The normalized spacial score (nSPS) is 22.1. The number of carbonyl (C=O) groups excluding carboxylic acids is 1. The second-order valence-corrected chi connectivity index (χ2v) is 12.7. The Hall–Kier alpha value is -2.87. The Morgan fingerprint density at radius 2 is 1.80 bits per heavy atom. The van der Waals surface area contributed by atoms with E-state index in [9.17, 15) is 9.90 Å². The van der Waals surface area contributed by atoms with Crippen LogP contribution in [0, 0.1) is 18.8 Å². The first kappa shape index (κ1) is 23.8. The zero-order chi connectivity index (χ0) is 24.7. The number of nitrogens with one attached hydrogen (secondary N) is 1. The van der Waals surface area contributed by atoms with E-state index in [1.807, 2.05) is 25.1 Å². The fourth-order valence-electron chi connectivity index (χ4n) is 4.78. The number of fused-ring (bicyclic) bond motifs is 1. The lowest BCUT2D eigenvalue weighted by Crippen LogP contribution is -2.45. The van der Waals surface area contributed by atoms with Gasteiger partial charge in [-0.15, -0.1) is 0 Å². The first-order valence-electron chi connectivity index (χ1n) is 12.2. The molecule has 1 radical (unpaired) electrons. The number of aliphatic hydroxyl groups excluding tert-OH is 1. The predicted molar refractivity (Wildman–Crippen MR) is 137 cm³/mol. The molecule has 3 aromatic rings. The van der Waals surface area contributed by atoms with Crippen LogP contribution in [0.1, 0.15) is 62.0 Å². The Labute approximate surface area is 208 Å². The van der Waals surface area contributed by atoms with Crippen molar-refractivity contribution in [1.29, 1.82) is 0 Å². The molecule has 1 aliphatic heterocycles. The highest BCUT2D eigenvalue weighted by molar-refractivity contribution is 6.80. The zero-order valence-corrected chi connectivity index (χ0v) is 21.7. The van der Waals surface area contributed by atoms with E-state index in [1.54, 1.807) is 6.20 Å². The van der Waals surface area contributed by atoms with Gasteiger partial charge in [0.05, 0.1) is 12.6 Å². The van der Waals surface area contributed by atoms with E-state index in [0.717, 1.165) is 16.8 Å². The molecule has 2 fully saturated rings. The predicted octanol–water partition coefficient (Wildman–Crippen LogP) is 2.75. The zero-order valence-electron chi connectivity index (χ0n) is 20.7. The van der Waals surface area contributed by atoms with E-state index < -0.39 is 15.1 Å². The molecule has 1 aromatic heterocycles. The standard InChI is InChI=1S/C28H32N3O3Si/c1-17-23(15-29-26(30-17)25-21-14-22(21)27(33)31-25)24(32)16-34-35(19-8-6-5-7-9-19)20-12-10-18(11-13-20)28(2,3)4/h5-13,15,21-22,24-25,32H,14,16H2,1-4H3,(H,31,33). The molecule has 5 rings (SSSR count). The molecule has 7 heteroatoms. The van der Waals surface area contributed by atoms with Crippen molar-refractivity contribution >= 4 is 25.3 Å². The third-order valence-corrected chi connectivity index (χ3v) is 9.18. The Balaban J connectivity index is 1.32. The minimum atomic E-state index is -1.55. The smallest absolute Gasteiger partial charge is 0.283 e. The summed E-state index contributed by atoms with van der Waals surface area (Å²) in [6.45, 7) is 8.64. The van der Waals surface area contributed by atoms with Crippen LogP contribution in [0.15, 0.2) is 60.8 Å². The highest BCUT2D eigenvalue weighted by Crippen LogP contribution is 2.51. The fourth-order valence-corrected chi connectivity index (χ4v) is 6.73. The van der Waals surface area contributed by atoms with Gasteiger partial charge in [-0.3, -0.25) is 4.79 Å². The van der Waals surface area contributed by atoms with E-state index in [-0.39, 0.29) is 29.9 Å². The van der Waals surface area contributed by atoms with Crippen LogP contribution < -0.4 is 15.7 Å². The number of hydrogen-bond donors (Lipinski definition) is 2. The maximum absolute atomic E-state index is 11.9. The number of amides is 1. The van der Waals surface area contributed by atoms with Crippen molar-refractivity contribution in [3.05, 3.63) is 83.4 Å². The number of aryl methyl sites for hydroxylation is 1. The Kier molecular flexibility index (Phi) is 6.33. The molecule has 2 heterocycles. The summed E-state index contributed by atoms with van der Waals surface area (Å²) in [7, 11) is -1.55. The summed E-state index contributed by atoms with van der Waals surface area (Å²) in [4.78, 5) is 21.0. The lowest BCUT2D eigenvalue weighted by molar-refractivity contribution is -0.121. The van der Waals surface area contributed by atoms with Crippen LogP contribution in [0.25, 0.3) is 0 Å². The van der Waals surface area contributed by atoms with E-state index in [4.69, 9.17) is 4.43 Å². The molecule has 1 saturated carbocycles. The van der Waals surface area contributed by atoms with Gasteiger partial charge in [0.15, 0.2) is 5.82 Å². The lowest BCUT2D eigenvalue weighted by atomic mass is 9.87. The van der Waals surface area contributed by atoms with Gasteiger partial charge in [0.25, 0.3) is 9.04 Å². The van der Waals surface area contributed by atoms with Gasteiger partial charge in [-0.05, 0) is 40.6 Å². The summed E-state index contributed by atoms with van der Waals surface area (Å²) in [6.07, 6.45) is 1.76. The minimum absolute atomic E-state index is 0.0840. The molecular weight excluding hydrogens is 454 g/mol. The van der Waals surface area contributed by atoms with E-state index in [2.05, 4.69) is 72.5 Å². The van der Waals surface area contributed by atoms with Gasteiger partial charge >= 0.3 is 0 Å². The van der Waals surface area contributed by atoms with Crippen LogP contribution in [0.2, 0.25) is 0 Å². The number of hydrogen-bond acceptors (Lipinski definition) is 5. The molecule has 0 spiro atoms. The van der Waals surface area contributed by atoms with Crippen molar-refractivity contribution in [1.82, 2.24) is 15.3 Å². The summed E-state index contributed by atoms with van der Waals surface area (Å²) in [5.74, 6) is 1.16. The number of nitrogens with zero attached hydrogens (tertiary/aromatic N) is 2. The summed E-state index contributed by atoms with van der Waals surface area (Å²) in [6, 6.07) is 18.7. The second-order valence-electron chi connectivity index (χ2n) is 10.6. The highest BCUT2D eigenvalue weighted by Gasteiger charge is 2.55. The highest BCUT2D eigenvalue weighted by atomic mass is 28.3. The molecule has 2 aliphatic rings. The van der Waals surface area contributed by atoms with Crippen molar-refractivity contribution in [3.63, 3.8) is 0 Å². The maximum Gasteiger partial charge on any atom is 0.283 e. The maximum atomic E-state index is 11.9. The van der Waals surface area contributed by atoms with Crippen LogP contribution in [0.3, 0.4) is 0 Å².